The smallest absolute Gasteiger partial charge is 0.414 e. The number of rotatable bonds is 7. The highest BCUT2D eigenvalue weighted by Crippen LogP contribution is 2.43. The van der Waals surface area contributed by atoms with Gasteiger partial charge in [-0.2, -0.15) is 9.59 Å². The lowest BCUT2D eigenvalue weighted by Gasteiger charge is -2.22. The molecule has 0 spiro atoms. The minimum absolute atomic E-state index is 0.191. The molecular formula is C36H41N3O8. The van der Waals surface area contributed by atoms with Crippen molar-refractivity contribution in [2.45, 2.75) is 84.3 Å². The molecule has 2 N–H and O–H groups in total. The Morgan fingerprint density at radius 1 is 0.787 bits per heavy atom. The number of amides is 2. The topological polar surface area (TPSA) is 149 Å². The van der Waals surface area contributed by atoms with Crippen LogP contribution in [0.3, 0.4) is 0 Å². The number of nitrogens with one attached hydrogen (secondary N) is 2. The van der Waals surface area contributed by atoms with Gasteiger partial charge in [0.25, 0.3) is 0 Å². The number of aryl methyl sites for hydroxylation is 2. The number of guanidine groups is 1. The van der Waals surface area contributed by atoms with Crippen LogP contribution in [-0.2, 0) is 31.9 Å². The molecule has 1 aliphatic rings. The van der Waals surface area contributed by atoms with Crippen molar-refractivity contribution in [1.29, 1.82) is 0 Å². The zero-order valence-corrected chi connectivity index (χ0v) is 27.5. The molecule has 1 fully saturated rings. The van der Waals surface area contributed by atoms with Crippen LogP contribution in [0.4, 0.5) is 15.3 Å². The lowest BCUT2D eigenvalue weighted by molar-refractivity contribution is -0.191. The molecule has 0 bridgehead atoms. The van der Waals surface area contributed by atoms with E-state index in [2.05, 4.69) is 46.0 Å². The summed E-state index contributed by atoms with van der Waals surface area (Å²) >= 11 is 0. The van der Waals surface area contributed by atoms with Crippen LogP contribution in [0.5, 0.6) is 5.75 Å². The van der Waals surface area contributed by atoms with E-state index in [1.54, 1.807) is 65.8 Å². The SMILES string of the molecule is CC(C)(C)OC(=O)NC(=Nc1ccc(C(=O)Oc2ccc(CCc3ccccc3)c(C3CC3)c2)cc1)NC(=O)OC(C)(C)C.O=C=O. The summed E-state index contributed by atoms with van der Waals surface area (Å²) in [6, 6.07) is 22.6. The number of nitrogens with zero attached hydrogens (tertiary/aromatic N) is 1. The first-order valence-electron chi connectivity index (χ1n) is 15.2. The molecule has 0 aromatic heterocycles. The fraction of sp³-hybridized carbons (Fsp3) is 0.361. The van der Waals surface area contributed by atoms with Crippen LogP contribution in [0.1, 0.15) is 87.4 Å². The van der Waals surface area contributed by atoms with Gasteiger partial charge in [0.15, 0.2) is 0 Å². The fourth-order valence-electron chi connectivity index (χ4n) is 4.42. The van der Waals surface area contributed by atoms with Crippen LogP contribution in [0.2, 0.25) is 0 Å². The van der Waals surface area contributed by atoms with Crippen LogP contribution in [0.15, 0.2) is 77.8 Å². The third kappa shape index (κ3) is 13.3. The van der Waals surface area contributed by atoms with Gasteiger partial charge in [-0.05, 0) is 126 Å². The van der Waals surface area contributed by atoms with E-state index < -0.39 is 29.4 Å². The molecule has 3 aromatic rings. The third-order valence-electron chi connectivity index (χ3n) is 6.45. The molecule has 4 rings (SSSR count). The highest BCUT2D eigenvalue weighted by Gasteiger charge is 2.27. The Bertz CT molecular complexity index is 1560. The van der Waals surface area contributed by atoms with Gasteiger partial charge in [0.1, 0.15) is 17.0 Å². The lowest BCUT2D eigenvalue weighted by Crippen LogP contribution is -2.47. The number of hydrogen-bond donors (Lipinski definition) is 2. The summed E-state index contributed by atoms with van der Waals surface area (Å²) in [6.45, 7) is 10.3. The molecule has 11 nitrogen and oxygen atoms in total. The molecule has 0 unspecified atom stereocenters. The Balaban J connectivity index is 0.00000192. The monoisotopic (exact) mass is 643 g/mol. The van der Waals surface area contributed by atoms with Crippen LogP contribution >= 0.6 is 0 Å². The summed E-state index contributed by atoms with van der Waals surface area (Å²) in [5.74, 6) is 0.323. The van der Waals surface area contributed by atoms with Crippen LogP contribution < -0.4 is 15.4 Å². The van der Waals surface area contributed by atoms with Gasteiger partial charge in [-0.1, -0.05) is 36.4 Å². The molecule has 0 aliphatic heterocycles. The number of esters is 1. The number of hydrogen-bond acceptors (Lipinski definition) is 9. The van der Waals surface area contributed by atoms with Crippen molar-refractivity contribution in [2.75, 3.05) is 0 Å². The molecule has 248 valence electrons. The first-order chi connectivity index (χ1) is 22.2. The quantitative estimate of drug-likeness (QED) is 0.121. The average Bonchev–Trinajstić information content (AvgIpc) is 3.81. The number of carbonyl (C=O) groups is 3. The van der Waals surface area contributed by atoms with Crippen LogP contribution in [-0.4, -0.2) is 41.5 Å². The van der Waals surface area contributed by atoms with E-state index in [9.17, 15) is 14.4 Å². The Kier molecular flexibility index (Phi) is 12.6. The van der Waals surface area contributed by atoms with Gasteiger partial charge in [0.05, 0.1) is 11.3 Å². The Morgan fingerprint density at radius 2 is 1.34 bits per heavy atom. The minimum Gasteiger partial charge on any atom is -0.444 e. The largest absolute Gasteiger partial charge is 0.444 e. The maximum atomic E-state index is 13.0. The molecule has 0 heterocycles. The first kappa shape index (κ1) is 36.2. The summed E-state index contributed by atoms with van der Waals surface area (Å²) < 4.78 is 16.3. The Morgan fingerprint density at radius 3 is 1.85 bits per heavy atom. The lowest BCUT2D eigenvalue weighted by atomic mass is 9.97. The summed E-state index contributed by atoms with van der Waals surface area (Å²) in [6.07, 6.45) is 2.82. The molecule has 47 heavy (non-hydrogen) atoms. The van der Waals surface area contributed by atoms with E-state index >= 15 is 0 Å². The molecule has 11 heteroatoms. The van der Waals surface area contributed by atoms with Crippen molar-refractivity contribution >= 4 is 36.0 Å². The van der Waals surface area contributed by atoms with E-state index in [1.807, 2.05) is 18.2 Å². The molecule has 1 saturated carbocycles. The van der Waals surface area contributed by atoms with E-state index in [0.717, 1.165) is 25.7 Å². The predicted molar refractivity (Wildman–Crippen MR) is 175 cm³/mol. The van der Waals surface area contributed by atoms with Crippen molar-refractivity contribution < 1.29 is 38.2 Å². The van der Waals surface area contributed by atoms with Gasteiger partial charge in [0.2, 0.25) is 5.96 Å². The first-order valence-corrected chi connectivity index (χ1v) is 15.2. The summed E-state index contributed by atoms with van der Waals surface area (Å²) in [5.41, 5.74) is 3.00. The van der Waals surface area contributed by atoms with Crippen molar-refractivity contribution in [3.63, 3.8) is 0 Å². The predicted octanol–water partition coefficient (Wildman–Crippen LogP) is 7.02. The highest BCUT2D eigenvalue weighted by molar-refractivity contribution is 6.02. The summed E-state index contributed by atoms with van der Waals surface area (Å²) in [5, 5.41) is 4.87. The Labute approximate surface area is 274 Å². The van der Waals surface area contributed by atoms with Gasteiger partial charge in [0, 0.05) is 0 Å². The van der Waals surface area contributed by atoms with Gasteiger partial charge in [-0.3, -0.25) is 10.6 Å². The number of alkyl carbamates (subject to hydrolysis) is 2. The van der Waals surface area contributed by atoms with Gasteiger partial charge in [-0.15, -0.1) is 0 Å². The number of benzene rings is 3. The molecule has 2 amide bonds. The fourth-order valence-corrected chi connectivity index (χ4v) is 4.42. The van der Waals surface area contributed by atoms with Crippen molar-refractivity contribution in [3.8, 4) is 5.75 Å². The maximum absolute atomic E-state index is 13.0. The van der Waals surface area contributed by atoms with Crippen LogP contribution in [0, 0.1) is 0 Å². The van der Waals surface area contributed by atoms with Crippen molar-refractivity contribution in [1.82, 2.24) is 10.6 Å². The van der Waals surface area contributed by atoms with Crippen molar-refractivity contribution in [3.05, 3.63) is 95.1 Å². The average molecular weight is 644 g/mol. The zero-order chi connectivity index (χ0) is 34.6. The maximum Gasteiger partial charge on any atom is 0.414 e. The molecule has 1 aliphatic carbocycles. The number of aliphatic imine (C=N–C) groups is 1. The second kappa shape index (κ2) is 16.3. The second-order valence-electron chi connectivity index (χ2n) is 12.9. The second-order valence-corrected chi connectivity index (χ2v) is 12.9. The molecule has 0 atom stereocenters. The summed E-state index contributed by atoms with van der Waals surface area (Å²) in [7, 11) is 0. The van der Waals surface area contributed by atoms with Crippen LogP contribution in [0.25, 0.3) is 0 Å². The zero-order valence-electron chi connectivity index (χ0n) is 27.5. The summed E-state index contributed by atoms with van der Waals surface area (Å²) in [4.78, 5) is 58.3. The number of carbonyl (C=O) groups excluding carboxylic acids is 5. The van der Waals surface area contributed by atoms with E-state index in [0.29, 0.717) is 22.9 Å². The molecule has 3 aromatic carbocycles. The van der Waals surface area contributed by atoms with E-state index in [4.69, 9.17) is 23.8 Å². The van der Waals surface area contributed by atoms with E-state index in [1.165, 1.54) is 16.7 Å². The van der Waals surface area contributed by atoms with Gasteiger partial charge < -0.3 is 14.2 Å². The molecular weight excluding hydrogens is 602 g/mol. The van der Waals surface area contributed by atoms with Gasteiger partial charge in [-0.25, -0.2) is 19.4 Å². The normalized spacial score (nSPS) is 12.3. The third-order valence-corrected chi connectivity index (χ3v) is 6.45. The van der Waals surface area contributed by atoms with E-state index in [-0.39, 0.29) is 12.1 Å². The molecule has 0 radical (unpaired) electrons. The standard InChI is InChI=1S/C35H41N3O6.CO2/c1-34(2,3)43-32(40)37-31(38-33(41)44-35(4,5)6)36-27-19-16-26(17-20-27)30(39)42-28-21-18-24(29(22-28)25-14-15-25)13-12-23-10-8-7-9-11-23;2-1-3/h7-11,16-22,25H,12-15H2,1-6H3,(H2,36,37,38,40,41);. The van der Waals surface area contributed by atoms with Gasteiger partial charge >= 0.3 is 24.3 Å². The molecule has 0 saturated heterocycles. The Hall–Kier alpha value is -5.28. The minimum atomic E-state index is -0.802. The highest BCUT2D eigenvalue weighted by atomic mass is 16.6. The number of ether oxygens (including phenoxy) is 3. The van der Waals surface area contributed by atoms with Crippen molar-refractivity contribution in [2.24, 2.45) is 4.99 Å².